The van der Waals surface area contributed by atoms with Crippen molar-refractivity contribution in [3.63, 3.8) is 0 Å². The van der Waals surface area contributed by atoms with Gasteiger partial charge < -0.3 is 15.0 Å². The van der Waals surface area contributed by atoms with Gasteiger partial charge in [0.05, 0.1) is 29.1 Å². The van der Waals surface area contributed by atoms with Crippen molar-refractivity contribution < 1.29 is 22.7 Å². The fraction of sp³-hybridized carbons (Fsp3) is 0.417. The Hall–Kier alpha value is -2.49. The summed E-state index contributed by atoms with van der Waals surface area (Å²) >= 11 is 12.3. The van der Waals surface area contributed by atoms with Gasteiger partial charge in [0.15, 0.2) is 0 Å². The summed E-state index contributed by atoms with van der Waals surface area (Å²) in [7, 11) is -2.37. The van der Waals surface area contributed by atoms with Crippen molar-refractivity contribution in [3.8, 4) is 5.75 Å². The monoisotopic (exact) mass is 543 g/mol. The van der Waals surface area contributed by atoms with E-state index in [1.165, 1.54) is 17.0 Å². The van der Waals surface area contributed by atoms with Crippen molar-refractivity contribution in [2.75, 3.05) is 24.2 Å². The van der Waals surface area contributed by atoms with Crippen molar-refractivity contribution in [1.82, 2.24) is 10.2 Å². The van der Waals surface area contributed by atoms with Gasteiger partial charge >= 0.3 is 0 Å². The molecule has 0 aliphatic heterocycles. The van der Waals surface area contributed by atoms with Crippen LogP contribution in [0.5, 0.6) is 5.75 Å². The van der Waals surface area contributed by atoms with Crippen molar-refractivity contribution in [2.24, 2.45) is 0 Å². The molecule has 0 spiro atoms. The van der Waals surface area contributed by atoms with Crippen molar-refractivity contribution in [1.29, 1.82) is 0 Å². The van der Waals surface area contributed by atoms with E-state index in [4.69, 9.17) is 27.9 Å². The van der Waals surface area contributed by atoms with Crippen molar-refractivity contribution in [2.45, 2.75) is 45.8 Å². The fourth-order valence-electron chi connectivity index (χ4n) is 3.26. The van der Waals surface area contributed by atoms with E-state index in [0.29, 0.717) is 5.75 Å². The summed E-state index contributed by atoms with van der Waals surface area (Å²) in [6, 6.07) is 10.7. The maximum Gasteiger partial charge on any atom is 0.244 e. The Bertz CT molecular complexity index is 1160. The molecule has 0 aliphatic carbocycles. The van der Waals surface area contributed by atoms with Crippen LogP contribution < -0.4 is 14.4 Å². The quantitative estimate of drug-likeness (QED) is 0.513. The van der Waals surface area contributed by atoms with Gasteiger partial charge in [0.2, 0.25) is 21.8 Å². The van der Waals surface area contributed by atoms with E-state index in [1.54, 1.807) is 44.4 Å². The summed E-state index contributed by atoms with van der Waals surface area (Å²) in [6.07, 6.45) is 0.973. The molecule has 2 amide bonds. The molecule has 0 aliphatic rings. The zero-order valence-corrected chi connectivity index (χ0v) is 23.0. The molecule has 0 bridgehead atoms. The average Bonchev–Trinajstić information content (AvgIpc) is 2.76. The Balaban J connectivity index is 2.44. The first-order valence-electron chi connectivity index (χ1n) is 10.8. The van der Waals surface area contributed by atoms with Crippen LogP contribution in [0.15, 0.2) is 42.5 Å². The first-order valence-corrected chi connectivity index (χ1v) is 13.4. The second-order valence-corrected chi connectivity index (χ2v) is 11.8. The summed E-state index contributed by atoms with van der Waals surface area (Å²) < 4.78 is 31.3. The minimum atomic E-state index is -3.92. The SMILES string of the molecule is COc1ccc(CN(C(=O)CN(c2cccc(Cl)c2Cl)S(C)(=O)=O)C(C)C(=O)NC(C)(C)C)cc1. The second kappa shape index (κ2) is 11.5. The van der Waals surface area contributed by atoms with Crippen LogP contribution in [0.2, 0.25) is 10.0 Å². The Labute approximate surface area is 217 Å². The standard InChI is InChI=1S/C24H31Cl2N3O5S/c1-16(23(31)27-24(2,3)4)28(14-17-10-12-18(34-5)13-11-17)21(30)15-29(35(6,32)33)20-9-7-8-19(25)22(20)26/h7-13,16H,14-15H2,1-6H3,(H,27,31). The number of carbonyl (C=O) groups is 2. The van der Waals surface area contributed by atoms with Gasteiger partial charge in [-0.15, -0.1) is 0 Å². The third kappa shape index (κ3) is 8.02. The lowest BCUT2D eigenvalue weighted by Gasteiger charge is -2.33. The number of hydrogen-bond donors (Lipinski definition) is 1. The van der Waals surface area contributed by atoms with E-state index in [2.05, 4.69) is 5.32 Å². The molecule has 0 radical (unpaired) electrons. The zero-order chi connectivity index (χ0) is 26.6. The highest BCUT2D eigenvalue weighted by Gasteiger charge is 2.32. The molecular weight excluding hydrogens is 513 g/mol. The van der Waals surface area contributed by atoms with E-state index in [9.17, 15) is 18.0 Å². The molecule has 192 valence electrons. The van der Waals surface area contributed by atoms with Crippen LogP contribution in [0, 0.1) is 0 Å². The van der Waals surface area contributed by atoms with Gasteiger partial charge in [-0.05, 0) is 57.5 Å². The van der Waals surface area contributed by atoms with E-state index in [0.717, 1.165) is 16.1 Å². The highest BCUT2D eigenvalue weighted by atomic mass is 35.5. The summed E-state index contributed by atoms with van der Waals surface area (Å²) in [5.74, 6) is -0.311. The number of ether oxygens (including phenoxy) is 1. The van der Waals surface area contributed by atoms with Crippen LogP contribution in [-0.4, -0.2) is 56.6 Å². The summed E-state index contributed by atoms with van der Waals surface area (Å²) in [4.78, 5) is 27.8. The smallest absolute Gasteiger partial charge is 0.244 e. The number of sulfonamides is 1. The van der Waals surface area contributed by atoms with E-state index < -0.39 is 34.1 Å². The number of rotatable bonds is 9. The summed E-state index contributed by atoms with van der Waals surface area (Å²) in [5, 5.41) is 3.03. The van der Waals surface area contributed by atoms with Crippen molar-refractivity contribution >= 4 is 50.7 Å². The largest absolute Gasteiger partial charge is 0.497 e. The van der Waals surface area contributed by atoms with Crippen molar-refractivity contribution in [3.05, 3.63) is 58.1 Å². The number of anilines is 1. The first-order chi connectivity index (χ1) is 16.1. The highest BCUT2D eigenvalue weighted by Crippen LogP contribution is 2.33. The third-order valence-electron chi connectivity index (χ3n) is 5.06. The van der Waals surface area contributed by atoms with Crippen LogP contribution in [0.1, 0.15) is 33.3 Å². The molecular formula is C24H31Cl2N3O5S. The van der Waals surface area contributed by atoms with Crippen LogP contribution in [0.3, 0.4) is 0 Å². The molecule has 8 nitrogen and oxygen atoms in total. The lowest BCUT2D eigenvalue weighted by atomic mass is 10.1. The molecule has 2 aromatic carbocycles. The van der Waals surface area contributed by atoms with Crippen LogP contribution >= 0.6 is 23.2 Å². The Kier molecular flexibility index (Phi) is 9.44. The van der Waals surface area contributed by atoms with Gasteiger partial charge in [0.1, 0.15) is 18.3 Å². The minimum absolute atomic E-state index is 0.00706. The molecule has 1 N–H and O–H groups in total. The lowest BCUT2D eigenvalue weighted by Crippen LogP contribution is -2.54. The molecule has 2 rings (SSSR count). The number of nitrogens with zero attached hydrogens (tertiary/aromatic N) is 2. The Morgan fingerprint density at radius 3 is 2.20 bits per heavy atom. The van der Waals surface area contributed by atoms with E-state index >= 15 is 0 Å². The molecule has 11 heteroatoms. The molecule has 35 heavy (non-hydrogen) atoms. The molecule has 1 unspecified atom stereocenters. The molecule has 0 saturated heterocycles. The van der Waals surface area contributed by atoms with E-state index in [1.807, 2.05) is 20.8 Å². The molecule has 1 atom stereocenters. The zero-order valence-electron chi connectivity index (χ0n) is 20.6. The maximum atomic E-state index is 13.5. The Morgan fingerprint density at radius 1 is 1.09 bits per heavy atom. The predicted molar refractivity (Wildman–Crippen MR) is 140 cm³/mol. The van der Waals surface area contributed by atoms with Gasteiger partial charge in [0, 0.05) is 12.1 Å². The number of carbonyl (C=O) groups excluding carboxylic acids is 2. The van der Waals surface area contributed by atoms with Crippen LogP contribution in [0.25, 0.3) is 0 Å². The number of hydrogen-bond acceptors (Lipinski definition) is 5. The highest BCUT2D eigenvalue weighted by molar-refractivity contribution is 7.92. The molecule has 0 saturated carbocycles. The third-order valence-corrected chi connectivity index (χ3v) is 6.99. The van der Waals surface area contributed by atoms with Gasteiger partial charge in [-0.3, -0.25) is 13.9 Å². The van der Waals surface area contributed by atoms with Crippen LogP contribution in [-0.2, 0) is 26.2 Å². The Morgan fingerprint density at radius 2 is 1.69 bits per heavy atom. The molecule has 0 aromatic heterocycles. The van der Waals surface area contributed by atoms with Crippen LogP contribution in [0.4, 0.5) is 5.69 Å². The lowest BCUT2D eigenvalue weighted by molar-refractivity contribution is -0.140. The van der Waals surface area contributed by atoms with Gasteiger partial charge in [-0.1, -0.05) is 41.4 Å². The molecule has 2 aromatic rings. The van der Waals surface area contributed by atoms with Gasteiger partial charge in [-0.2, -0.15) is 0 Å². The predicted octanol–water partition coefficient (Wildman–Crippen LogP) is 4.10. The number of nitrogens with one attached hydrogen (secondary N) is 1. The van der Waals surface area contributed by atoms with E-state index in [-0.39, 0.29) is 28.2 Å². The van der Waals surface area contributed by atoms with Gasteiger partial charge in [-0.25, -0.2) is 8.42 Å². The fourth-order valence-corrected chi connectivity index (χ4v) is 4.57. The number of halogens is 2. The number of methoxy groups -OCH3 is 1. The first kappa shape index (κ1) is 28.7. The number of amides is 2. The second-order valence-electron chi connectivity index (χ2n) is 9.13. The number of benzene rings is 2. The maximum absolute atomic E-state index is 13.5. The minimum Gasteiger partial charge on any atom is -0.497 e. The molecule has 0 heterocycles. The normalized spacial score (nSPS) is 12.6. The average molecular weight is 545 g/mol. The topological polar surface area (TPSA) is 96.0 Å². The summed E-state index contributed by atoms with van der Waals surface area (Å²) in [6.45, 7) is 6.60. The summed E-state index contributed by atoms with van der Waals surface area (Å²) in [5.41, 5.74) is 0.292. The molecule has 0 fully saturated rings. The van der Waals surface area contributed by atoms with Gasteiger partial charge in [0.25, 0.3) is 0 Å².